The van der Waals surface area contributed by atoms with Crippen LogP contribution in [0.3, 0.4) is 0 Å². The Morgan fingerprint density at radius 2 is 2.14 bits per heavy atom. The number of amides is 1. The Bertz CT molecular complexity index is 913. The quantitative estimate of drug-likeness (QED) is 0.713. The molecule has 0 spiro atoms. The first kappa shape index (κ1) is 19.7. The monoisotopic (exact) mass is 388 g/mol. The molecule has 28 heavy (non-hydrogen) atoms. The first-order valence-electron chi connectivity index (χ1n) is 8.86. The number of hydrogen-bond donors (Lipinski definition) is 2. The minimum absolute atomic E-state index is 0.200. The van der Waals surface area contributed by atoms with E-state index in [4.69, 9.17) is 5.73 Å². The molecular formula is C19H22F2N6O. The molecule has 0 atom stereocenters. The first-order chi connectivity index (χ1) is 13.4. The number of halogens is 2. The van der Waals surface area contributed by atoms with Crippen molar-refractivity contribution in [3.8, 4) is 5.69 Å². The molecule has 3 N–H and O–H groups in total. The number of aliphatic imine (C=N–C) groups is 1. The van der Waals surface area contributed by atoms with Crippen LogP contribution in [-0.2, 0) is 0 Å². The van der Waals surface area contributed by atoms with Gasteiger partial charge in [-0.2, -0.15) is 0 Å². The lowest BCUT2D eigenvalue weighted by Gasteiger charge is -2.44. The van der Waals surface area contributed by atoms with Gasteiger partial charge in [0.15, 0.2) is 0 Å². The smallest absolute Gasteiger partial charge is 0.250 e. The molecule has 3 rings (SSSR count). The number of allylic oxidation sites excluding steroid dienone is 2. The van der Waals surface area contributed by atoms with E-state index in [2.05, 4.69) is 20.3 Å². The van der Waals surface area contributed by atoms with Crippen LogP contribution < -0.4 is 11.1 Å². The number of primary amides is 1. The fourth-order valence-corrected chi connectivity index (χ4v) is 3.44. The lowest BCUT2D eigenvalue weighted by molar-refractivity contribution is 0.0937. The summed E-state index contributed by atoms with van der Waals surface area (Å²) in [6, 6.07) is 1.60. The van der Waals surface area contributed by atoms with E-state index in [0.29, 0.717) is 17.2 Å². The van der Waals surface area contributed by atoms with E-state index in [1.165, 1.54) is 13.1 Å². The van der Waals surface area contributed by atoms with Crippen molar-refractivity contribution in [2.24, 2.45) is 16.1 Å². The van der Waals surface area contributed by atoms with Gasteiger partial charge >= 0.3 is 0 Å². The van der Waals surface area contributed by atoms with Crippen molar-refractivity contribution in [3.63, 3.8) is 0 Å². The Hall–Kier alpha value is -3.10. The largest absolute Gasteiger partial charge is 0.366 e. The first-order valence-corrected chi connectivity index (χ1v) is 8.86. The molecule has 7 nitrogen and oxygen atoms in total. The second-order valence-electron chi connectivity index (χ2n) is 6.78. The number of anilines is 1. The van der Waals surface area contributed by atoms with Crippen LogP contribution in [0, 0.1) is 5.41 Å². The topological polar surface area (TPSA) is 98.2 Å². The maximum atomic E-state index is 14.2. The van der Waals surface area contributed by atoms with Gasteiger partial charge in [0.25, 0.3) is 0 Å². The summed E-state index contributed by atoms with van der Waals surface area (Å²) in [6.45, 7) is 1.86. The fraction of sp³-hybridized carbons (Fsp3) is 0.368. The van der Waals surface area contributed by atoms with Crippen LogP contribution in [-0.4, -0.2) is 45.9 Å². The lowest BCUT2D eigenvalue weighted by Crippen LogP contribution is -2.50. The SMILES string of the molecule is C/C=C(F)\C(=N/C)[C@]1(CNc2ncc(-n3ccc(C(N)=O)c3)cn2)C[C@@H](F)C1. The van der Waals surface area contributed by atoms with Crippen LogP contribution in [0.2, 0.25) is 0 Å². The highest BCUT2D eigenvalue weighted by Gasteiger charge is 2.49. The number of hydrogen-bond acceptors (Lipinski definition) is 5. The Balaban J connectivity index is 1.72. The fourth-order valence-electron chi connectivity index (χ4n) is 3.44. The van der Waals surface area contributed by atoms with Crippen molar-refractivity contribution < 1.29 is 13.6 Å². The van der Waals surface area contributed by atoms with Gasteiger partial charge in [-0.1, -0.05) is 0 Å². The lowest BCUT2D eigenvalue weighted by atomic mass is 9.63. The number of aromatic nitrogens is 3. The van der Waals surface area contributed by atoms with Gasteiger partial charge in [-0.25, -0.2) is 18.7 Å². The normalized spacial score (nSPS) is 22.6. The molecule has 2 heterocycles. The molecule has 0 radical (unpaired) electrons. The Labute approximate surface area is 161 Å². The summed E-state index contributed by atoms with van der Waals surface area (Å²) in [4.78, 5) is 23.7. The van der Waals surface area contributed by atoms with Gasteiger partial charge in [0.1, 0.15) is 12.0 Å². The van der Waals surface area contributed by atoms with Crippen LogP contribution in [0.4, 0.5) is 14.7 Å². The van der Waals surface area contributed by atoms with E-state index in [1.807, 2.05) is 0 Å². The summed E-state index contributed by atoms with van der Waals surface area (Å²) in [6.07, 6.45) is 7.18. The molecular weight excluding hydrogens is 366 g/mol. The number of alkyl halides is 1. The number of carbonyl (C=O) groups is 1. The van der Waals surface area contributed by atoms with Gasteiger partial charge < -0.3 is 15.6 Å². The summed E-state index contributed by atoms with van der Waals surface area (Å²) >= 11 is 0. The van der Waals surface area contributed by atoms with E-state index in [-0.39, 0.29) is 25.1 Å². The van der Waals surface area contributed by atoms with Crippen LogP contribution >= 0.6 is 0 Å². The third-order valence-electron chi connectivity index (χ3n) is 4.93. The van der Waals surface area contributed by atoms with Crippen molar-refractivity contribution >= 4 is 17.6 Å². The molecule has 1 fully saturated rings. The van der Waals surface area contributed by atoms with Gasteiger partial charge in [0.05, 0.1) is 29.4 Å². The molecule has 1 amide bonds. The van der Waals surface area contributed by atoms with Crippen molar-refractivity contribution in [1.82, 2.24) is 14.5 Å². The number of nitrogens with two attached hydrogens (primary N) is 1. The standard InChI is InChI=1S/C19H22F2N6O/c1-3-15(21)16(23-2)19(6-13(20)7-19)11-26-18-24-8-14(9-25-18)27-5-4-12(10-27)17(22)28/h3-5,8-10,13H,6-7,11H2,1-2H3,(H2,22,28)(H,24,25,26)/b15-3+,23-16+/t13-,19-. The van der Waals surface area contributed by atoms with Gasteiger partial charge in [-0.3, -0.25) is 9.79 Å². The van der Waals surface area contributed by atoms with Crippen LogP contribution in [0.5, 0.6) is 0 Å². The summed E-state index contributed by atoms with van der Waals surface area (Å²) in [5.41, 5.74) is 5.82. The van der Waals surface area contributed by atoms with Gasteiger partial charge in [0, 0.05) is 31.4 Å². The maximum absolute atomic E-state index is 14.2. The molecule has 2 aromatic heterocycles. The molecule has 0 unspecified atom stereocenters. The number of carbonyl (C=O) groups excluding carboxylic acids is 1. The molecule has 0 aliphatic heterocycles. The molecule has 0 saturated heterocycles. The van der Waals surface area contributed by atoms with Crippen molar-refractivity contribution in [3.05, 3.63) is 48.3 Å². The van der Waals surface area contributed by atoms with Crippen molar-refractivity contribution in [2.45, 2.75) is 25.9 Å². The molecule has 1 aliphatic carbocycles. The molecule has 0 aromatic carbocycles. The highest BCUT2D eigenvalue weighted by molar-refractivity contribution is 6.03. The zero-order chi connectivity index (χ0) is 20.3. The van der Waals surface area contributed by atoms with Crippen molar-refractivity contribution in [2.75, 3.05) is 18.9 Å². The van der Waals surface area contributed by atoms with Gasteiger partial charge in [0.2, 0.25) is 11.9 Å². The third kappa shape index (κ3) is 3.78. The third-order valence-corrected chi connectivity index (χ3v) is 4.93. The van der Waals surface area contributed by atoms with E-state index in [0.717, 1.165) is 0 Å². The van der Waals surface area contributed by atoms with Gasteiger partial charge in [-0.15, -0.1) is 0 Å². The number of rotatable bonds is 7. The molecule has 1 aliphatic rings. The highest BCUT2D eigenvalue weighted by atomic mass is 19.1. The van der Waals surface area contributed by atoms with E-state index >= 15 is 0 Å². The predicted octanol–water partition coefficient (Wildman–Crippen LogP) is 2.84. The molecule has 9 heteroatoms. The Morgan fingerprint density at radius 3 is 2.64 bits per heavy atom. The summed E-state index contributed by atoms with van der Waals surface area (Å²) < 4.78 is 29.5. The average Bonchev–Trinajstić information content (AvgIpc) is 3.16. The maximum Gasteiger partial charge on any atom is 0.250 e. The molecule has 2 aromatic rings. The van der Waals surface area contributed by atoms with Crippen LogP contribution in [0.15, 0.2) is 47.7 Å². The van der Waals surface area contributed by atoms with E-state index < -0.39 is 23.3 Å². The molecule has 1 saturated carbocycles. The number of nitrogens with zero attached hydrogens (tertiary/aromatic N) is 4. The van der Waals surface area contributed by atoms with E-state index in [1.54, 1.807) is 42.3 Å². The highest BCUT2D eigenvalue weighted by Crippen LogP contribution is 2.46. The van der Waals surface area contributed by atoms with Crippen molar-refractivity contribution in [1.29, 1.82) is 0 Å². The van der Waals surface area contributed by atoms with Gasteiger partial charge in [-0.05, 0) is 31.9 Å². The summed E-state index contributed by atoms with van der Waals surface area (Å²) in [5.74, 6) is -0.619. The minimum Gasteiger partial charge on any atom is -0.366 e. The average molecular weight is 388 g/mol. The zero-order valence-corrected chi connectivity index (χ0v) is 15.7. The summed E-state index contributed by atoms with van der Waals surface area (Å²) in [5, 5.41) is 3.06. The zero-order valence-electron chi connectivity index (χ0n) is 15.7. The second kappa shape index (κ2) is 7.87. The Morgan fingerprint density at radius 1 is 1.46 bits per heavy atom. The summed E-state index contributed by atoms with van der Waals surface area (Å²) in [7, 11) is 1.51. The molecule has 0 bridgehead atoms. The predicted molar refractivity (Wildman–Crippen MR) is 103 cm³/mol. The minimum atomic E-state index is -0.973. The van der Waals surface area contributed by atoms with E-state index in [9.17, 15) is 13.6 Å². The second-order valence-corrected chi connectivity index (χ2v) is 6.78. The number of nitrogens with one attached hydrogen (secondary N) is 1. The van der Waals surface area contributed by atoms with Crippen LogP contribution in [0.25, 0.3) is 5.69 Å². The Kier molecular flexibility index (Phi) is 5.53. The molecule has 148 valence electrons. The van der Waals surface area contributed by atoms with Crippen LogP contribution in [0.1, 0.15) is 30.1 Å².